The number of carbonyl (C=O) groups is 1. The van der Waals surface area contributed by atoms with E-state index in [2.05, 4.69) is 11.6 Å². The Kier molecular flexibility index (Phi) is 5.84. The number of nitrogens with zero attached hydrogens (tertiary/aromatic N) is 1. The van der Waals surface area contributed by atoms with Gasteiger partial charge in [0.1, 0.15) is 0 Å². The minimum atomic E-state index is -3.88. The average molecular weight is 449 g/mol. The van der Waals surface area contributed by atoms with E-state index in [1.54, 1.807) is 24.3 Å². The Balaban J connectivity index is 1.60. The fraction of sp³-hybridized carbons (Fsp3) is 0.381. The highest BCUT2D eigenvalue weighted by molar-refractivity contribution is 7.98. The number of carbonyl (C=O) groups excluding carboxylic acids is 1. The molecular weight excluding hydrogens is 424 g/mol. The molecular formula is C21H24N2O5S2. The van der Waals surface area contributed by atoms with Gasteiger partial charge in [0.15, 0.2) is 11.5 Å². The molecule has 0 aromatic heterocycles. The summed E-state index contributed by atoms with van der Waals surface area (Å²) < 4.78 is 39.1. The number of likely N-dealkylation sites (tertiary alicyclic amines) is 1. The van der Waals surface area contributed by atoms with Crippen molar-refractivity contribution in [1.82, 2.24) is 4.90 Å². The van der Waals surface area contributed by atoms with Crippen molar-refractivity contribution in [2.24, 2.45) is 5.92 Å². The molecule has 0 saturated carbocycles. The van der Waals surface area contributed by atoms with Crippen molar-refractivity contribution < 1.29 is 22.7 Å². The van der Waals surface area contributed by atoms with Crippen LogP contribution < -0.4 is 14.2 Å². The van der Waals surface area contributed by atoms with Crippen LogP contribution in [0.15, 0.2) is 46.2 Å². The van der Waals surface area contributed by atoms with E-state index in [1.807, 2.05) is 11.2 Å². The quantitative estimate of drug-likeness (QED) is 0.700. The Morgan fingerprint density at radius 2 is 1.83 bits per heavy atom. The Morgan fingerprint density at radius 1 is 1.10 bits per heavy atom. The number of rotatable bonds is 5. The summed E-state index contributed by atoms with van der Waals surface area (Å²) in [6.07, 6.45) is 3.80. The molecule has 4 rings (SSSR count). The zero-order valence-electron chi connectivity index (χ0n) is 16.9. The predicted octanol–water partition coefficient (Wildman–Crippen LogP) is 3.81. The van der Waals surface area contributed by atoms with Gasteiger partial charge in [0.25, 0.3) is 15.9 Å². The highest BCUT2D eigenvalue weighted by Crippen LogP contribution is 2.35. The van der Waals surface area contributed by atoms with Crippen molar-refractivity contribution in [2.45, 2.75) is 29.6 Å². The maximum absolute atomic E-state index is 13.1. The maximum Gasteiger partial charge on any atom is 0.261 e. The predicted molar refractivity (Wildman–Crippen MR) is 116 cm³/mol. The summed E-state index contributed by atoms with van der Waals surface area (Å²) in [5.74, 6) is 1.55. The van der Waals surface area contributed by atoms with Crippen molar-refractivity contribution in [3.8, 4) is 11.5 Å². The standard InChI is InChI=1S/C21H24N2O5S2/c1-14-7-9-23(10-8-14)21(24)17-12-16(4-6-20(17)29-2)30(25,26)22-15-3-5-18-19(11-15)28-13-27-18/h3-6,11-12,14,22H,7-10,13H2,1-2H3. The SMILES string of the molecule is CSc1ccc(S(=O)(=O)Nc2ccc3c(c2)OCO3)cc1C(=O)N1CCC(C)CC1. The van der Waals surface area contributed by atoms with Crippen LogP contribution in [0.5, 0.6) is 11.5 Å². The number of benzene rings is 2. The number of piperidine rings is 1. The number of sulfonamides is 1. The van der Waals surface area contributed by atoms with Gasteiger partial charge in [0.05, 0.1) is 16.1 Å². The molecule has 1 N–H and O–H groups in total. The first kappa shape index (κ1) is 20.9. The normalized spacial score (nSPS) is 16.5. The van der Waals surface area contributed by atoms with Crippen molar-refractivity contribution in [3.63, 3.8) is 0 Å². The molecule has 160 valence electrons. The van der Waals surface area contributed by atoms with Gasteiger partial charge in [-0.3, -0.25) is 9.52 Å². The van der Waals surface area contributed by atoms with Gasteiger partial charge in [-0.25, -0.2) is 8.42 Å². The van der Waals surface area contributed by atoms with Gasteiger partial charge in [-0.2, -0.15) is 0 Å². The van der Waals surface area contributed by atoms with Gasteiger partial charge < -0.3 is 14.4 Å². The molecule has 0 aliphatic carbocycles. The fourth-order valence-corrected chi connectivity index (χ4v) is 5.22. The third kappa shape index (κ3) is 4.22. The molecule has 2 heterocycles. The number of hydrogen-bond donors (Lipinski definition) is 1. The topological polar surface area (TPSA) is 84.9 Å². The molecule has 1 fully saturated rings. The highest BCUT2D eigenvalue weighted by Gasteiger charge is 2.26. The summed E-state index contributed by atoms with van der Waals surface area (Å²) in [5, 5.41) is 0. The molecule has 2 aliphatic heterocycles. The van der Waals surface area contributed by atoms with E-state index in [-0.39, 0.29) is 17.6 Å². The number of hydrogen-bond acceptors (Lipinski definition) is 6. The molecule has 0 unspecified atom stereocenters. The Labute approximate surface area is 180 Å². The molecule has 1 saturated heterocycles. The summed E-state index contributed by atoms with van der Waals surface area (Å²) >= 11 is 1.43. The van der Waals surface area contributed by atoms with Gasteiger partial charge in [-0.05, 0) is 55.3 Å². The summed E-state index contributed by atoms with van der Waals surface area (Å²) in [7, 11) is -3.88. The highest BCUT2D eigenvalue weighted by atomic mass is 32.2. The minimum absolute atomic E-state index is 0.0479. The molecule has 1 amide bonds. The second kappa shape index (κ2) is 8.39. The van der Waals surface area contributed by atoms with Crippen LogP contribution in [0.2, 0.25) is 0 Å². The van der Waals surface area contributed by atoms with Gasteiger partial charge in [-0.1, -0.05) is 6.92 Å². The zero-order valence-corrected chi connectivity index (χ0v) is 18.5. The zero-order chi connectivity index (χ0) is 21.3. The summed E-state index contributed by atoms with van der Waals surface area (Å²) in [6.45, 7) is 3.69. The van der Waals surface area contributed by atoms with Crippen LogP contribution in [-0.2, 0) is 10.0 Å². The molecule has 0 bridgehead atoms. The smallest absolute Gasteiger partial charge is 0.261 e. The molecule has 7 nitrogen and oxygen atoms in total. The Hall–Kier alpha value is -2.39. The lowest BCUT2D eigenvalue weighted by molar-refractivity contribution is 0.0693. The molecule has 0 spiro atoms. The van der Waals surface area contributed by atoms with Crippen molar-refractivity contribution in [2.75, 3.05) is 30.9 Å². The maximum atomic E-state index is 13.1. The summed E-state index contributed by atoms with van der Waals surface area (Å²) in [5.41, 5.74) is 0.789. The van der Waals surface area contributed by atoms with Gasteiger partial charge in [0.2, 0.25) is 6.79 Å². The Morgan fingerprint density at radius 3 is 2.57 bits per heavy atom. The first-order valence-corrected chi connectivity index (χ1v) is 12.5. The van der Waals surface area contributed by atoms with Crippen LogP contribution in [0.3, 0.4) is 0 Å². The van der Waals surface area contributed by atoms with Gasteiger partial charge in [0, 0.05) is 24.1 Å². The number of thioether (sulfide) groups is 1. The largest absolute Gasteiger partial charge is 0.454 e. The van der Waals surface area contributed by atoms with E-state index < -0.39 is 10.0 Å². The summed E-state index contributed by atoms with van der Waals surface area (Å²) in [4.78, 5) is 15.7. The van der Waals surface area contributed by atoms with E-state index in [9.17, 15) is 13.2 Å². The molecule has 2 aromatic rings. The van der Waals surface area contributed by atoms with E-state index in [4.69, 9.17) is 9.47 Å². The van der Waals surface area contributed by atoms with Gasteiger partial charge in [-0.15, -0.1) is 11.8 Å². The molecule has 2 aliphatic rings. The minimum Gasteiger partial charge on any atom is -0.454 e. The first-order chi connectivity index (χ1) is 14.4. The van der Waals surface area contributed by atoms with Gasteiger partial charge >= 0.3 is 0 Å². The van der Waals surface area contributed by atoms with Crippen LogP contribution in [0, 0.1) is 5.92 Å². The van der Waals surface area contributed by atoms with Crippen molar-refractivity contribution in [1.29, 1.82) is 0 Å². The fourth-order valence-electron chi connectivity index (χ4n) is 3.58. The third-order valence-corrected chi connectivity index (χ3v) is 7.58. The Bertz CT molecular complexity index is 1060. The number of fused-ring (bicyclic) bond motifs is 1. The van der Waals surface area contributed by atoms with Crippen molar-refractivity contribution >= 4 is 33.4 Å². The molecule has 30 heavy (non-hydrogen) atoms. The second-order valence-corrected chi connectivity index (χ2v) is 10.0. The average Bonchev–Trinajstić information content (AvgIpc) is 3.21. The third-order valence-electron chi connectivity index (χ3n) is 5.41. The van der Waals surface area contributed by atoms with Crippen LogP contribution >= 0.6 is 11.8 Å². The lowest BCUT2D eigenvalue weighted by Crippen LogP contribution is -2.38. The molecule has 0 atom stereocenters. The number of anilines is 1. The first-order valence-electron chi connectivity index (χ1n) is 9.77. The van der Waals surface area contributed by atoms with E-state index >= 15 is 0 Å². The lowest BCUT2D eigenvalue weighted by Gasteiger charge is -2.30. The van der Waals surface area contributed by atoms with Crippen LogP contribution in [-0.4, -0.2) is 45.4 Å². The number of ether oxygens (including phenoxy) is 2. The van der Waals surface area contributed by atoms with E-state index in [1.165, 1.54) is 23.9 Å². The monoisotopic (exact) mass is 448 g/mol. The van der Waals surface area contributed by atoms with E-state index in [0.29, 0.717) is 41.8 Å². The number of nitrogens with one attached hydrogen (secondary N) is 1. The van der Waals surface area contributed by atoms with Crippen LogP contribution in [0.1, 0.15) is 30.1 Å². The van der Waals surface area contributed by atoms with E-state index in [0.717, 1.165) is 17.7 Å². The lowest BCUT2D eigenvalue weighted by atomic mass is 9.98. The molecule has 2 aromatic carbocycles. The molecule has 9 heteroatoms. The number of amides is 1. The molecule has 0 radical (unpaired) electrons. The van der Waals surface area contributed by atoms with Crippen LogP contribution in [0.4, 0.5) is 5.69 Å². The second-order valence-electron chi connectivity index (χ2n) is 7.51. The summed E-state index contributed by atoms with van der Waals surface area (Å²) in [6, 6.07) is 9.54. The van der Waals surface area contributed by atoms with Crippen molar-refractivity contribution in [3.05, 3.63) is 42.0 Å². The van der Waals surface area contributed by atoms with Crippen LogP contribution in [0.25, 0.3) is 0 Å².